The highest BCUT2D eigenvalue weighted by atomic mass is 32.2. The largest absolute Gasteiger partial charge is 0.334 e. The van der Waals surface area contributed by atoms with E-state index in [2.05, 4.69) is 20.3 Å². The van der Waals surface area contributed by atoms with Crippen LogP contribution in [0.1, 0.15) is 5.56 Å². The Labute approximate surface area is 161 Å². The summed E-state index contributed by atoms with van der Waals surface area (Å²) in [6.07, 6.45) is 3.29. The maximum absolute atomic E-state index is 12.9. The van der Waals surface area contributed by atoms with E-state index in [1.807, 2.05) is 6.07 Å². The first kappa shape index (κ1) is 19.3. The molecule has 0 saturated heterocycles. The molecule has 9 heteroatoms. The fourth-order valence-corrected chi connectivity index (χ4v) is 3.37. The molecular weight excluding hydrogens is 383 g/mol. The van der Waals surface area contributed by atoms with Crippen LogP contribution < -0.4 is 15.4 Å². The quantitative estimate of drug-likeness (QED) is 0.591. The zero-order chi connectivity index (χ0) is 20.0. The van der Waals surface area contributed by atoms with Crippen molar-refractivity contribution in [3.63, 3.8) is 0 Å². The maximum atomic E-state index is 12.9. The number of rotatable bonds is 6. The SMILES string of the molecule is O=C(NCc1cccnc1)Nc1ccc(S(=O)(=O)Nc2ccc(F)cc2)cc1. The second-order valence-corrected chi connectivity index (χ2v) is 7.49. The summed E-state index contributed by atoms with van der Waals surface area (Å²) in [6, 6.07) is 13.8. The van der Waals surface area contributed by atoms with Crippen molar-refractivity contribution in [3.05, 3.63) is 84.4 Å². The molecule has 0 aliphatic heterocycles. The van der Waals surface area contributed by atoms with Gasteiger partial charge in [-0.2, -0.15) is 0 Å². The Morgan fingerprint density at radius 1 is 0.964 bits per heavy atom. The third-order valence-electron chi connectivity index (χ3n) is 3.69. The fraction of sp³-hybridized carbons (Fsp3) is 0.0526. The first-order valence-corrected chi connectivity index (χ1v) is 9.73. The number of nitrogens with one attached hydrogen (secondary N) is 3. The van der Waals surface area contributed by atoms with Gasteiger partial charge in [0.25, 0.3) is 10.0 Å². The molecule has 0 bridgehead atoms. The molecule has 7 nitrogen and oxygen atoms in total. The summed E-state index contributed by atoms with van der Waals surface area (Å²) in [4.78, 5) is 15.9. The van der Waals surface area contributed by atoms with Gasteiger partial charge in [0.2, 0.25) is 0 Å². The Hall–Kier alpha value is -3.46. The van der Waals surface area contributed by atoms with E-state index >= 15 is 0 Å². The molecule has 2 aromatic carbocycles. The smallest absolute Gasteiger partial charge is 0.319 e. The van der Waals surface area contributed by atoms with Crippen LogP contribution in [0.2, 0.25) is 0 Å². The van der Waals surface area contributed by atoms with Crippen molar-refractivity contribution in [2.24, 2.45) is 0 Å². The number of pyridine rings is 1. The number of carbonyl (C=O) groups is 1. The minimum atomic E-state index is -3.83. The van der Waals surface area contributed by atoms with Crippen molar-refractivity contribution in [1.82, 2.24) is 10.3 Å². The van der Waals surface area contributed by atoms with Gasteiger partial charge < -0.3 is 10.6 Å². The average molecular weight is 400 g/mol. The molecule has 1 heterocycles. The topological polar surface area (TPSA) is 100 Å². The van der Waals surface area contributed by atoms with Gasteiger partial charge in [0.15, 0.2) is 0 Å². The second kappa shape index (κ2) is 8.49. The number of sulfonamides is 1. The van der Waals surface area contributed by atoms with Crippen LogP contribution >= 0.6 is 0 Å². The lowest BCUT2D eigenvalue weighted by Gasteiger charge is -2.10. The Balaban J connectivity index is 1.59. The van der Waals surface area contributed by atoms with Gasteiger partial charge in [-0.15, -0.1) is 0 Å². The summed E-state index contributed by atoms with van der Waals surface area (Å²) in [5, 5.41) is 5.30. The van der Waals surface area contributed by atoms with Crippen molar-refractivity contribution >= 4 is 27.4 Å². The number of amides is 2. The molecule has 0 aliphatic carbocycles. The number of aromatic nitrogens is 1. The van der Waals surface area contributed by atoms with Gasteiger partial charge in [-0.1, -0.05) is 6.07 Å². The normalized spacial score (nSPS) is 10.9. The molecule has 0 spiro atoms. The summed E-state index contributed by atoms with van der Waals surface area (Å²) < 4.78 is 40.0. The Morgan fingerprint density at radius 2 is 1.64 bits per heavy atom. The predicted molar refractivity (Wildman–Crippen MR) is 104 cm³/mol. The molecule has 0 saturated carbocycles. The van der Waals surface area contributed by atoms with Gasteiger partial charge in [-0.05, 0) is 60.2 Å². The highest BCUT2D eigenvalue weighted by Crippen LogP contribution is 2.18. The van der Waals surface area contributed by atoms with Gasteiger partial charge in [-0.3, -0.25) is 9.71 Å². The number of urea groups is 1. The Morgan fingerprint density at radius 3 is 2.29 bits per heavy atom. The molecule has 1 aromatic heterocycles. The van der Waals surface area contributed by atoms with Crippen molar-refractivity contribution in [2.45, 2.75) is 11.4 Å². The number of nitrogens with zero attached hydrogens (tertiary/aromatic N) is 1. The van der Waals surface area contributed by atoms with Crippen LogP contribution in [-0.2, 0) is 16.6 Å². The van der Waals surface area contributed by atoms with Crippen LogP contribution in [0, 0.1) is 5.82 Å². The summed E-state index contributed by atoms with van der Waals surface area (Å²) >= 11 is 0. The summed E-state index contributed by atoms with van der Waals surface area (Å²) in [7, 11) is -3.83. The molecule has 0 unspecified atom stereocenters. The van der Waals surface area contributed by atoms with Crippen LogP contribution in [0.5, 0.6) is 0 Å². The van der Waals surface area contributed by atoms with E-state index in [1.54, 1.807) is 18.5 Å². The Bertz CT molecular complexity index is 1040. The number of benzene rings is 2. The number of anilines is 2. The van der Waals surface area contributed by atoms with E-state index < -0.39 is 21.9 Å². The predicted octanol–water partition coefficient (Wildman–Crippen LogP) is 3.34. The van der Waals surface area contributed by atoms with Gasteiger partial charge in [-0.25, -0.2) is 17.6 Å². The van der Waals surface area contributed by atoms with E-state index in [-0.39, 0.29) is 10.6 Å². The summed E-state index contributed by atoms with van der Waals surface area (Å²) in [5.41, 5.74) is 1.54. The zero-order valence-corrected chi connectivity index (χ0v) is 15.4. The van der Waals surface area contributed by atoms with Gasteiger partial charge in [0, 0.05) is 30.3 Å². The lowest BCUT2D eigenvalue weighted by Crippen LogP contribution is -2.28. The van der Waals surface area contributed by atoms with E-state index in [9.17, 15) is 17.6 Å². The minimum Gasteiger partial charge on any atom is -0.334 e. The van der Waals surface area contributed by atoms with Crippen LogP contribution in [-0.4, -0.2) is 19.4 Å². The van der Waals surface area contributed by atoms with Crippen molar-refractivity contribution < 1.29 is 17.6 Å². The highest BCUT2D eigenvalue weighted by Gasteiger charge is 2.14. The second-order valence-electron chi connectivity index (χ2n) is 5.81. The molecule has 28 heavy (non-hydrogen) atoms. The lowest BCUT2D eigenvalue weighted by atomic mass is 10.3. The standard InChI is InChI=1S/C19H17FN4O3S/c20-15-3-5-17(6-4-15)24-28(26,27)18-9-7-16(8-10-18)23-19(25)22-13-14-2-1-11-21-12-14/h1-12,24H,13H2,(H2,22,23,25). The molecule has 2 amide bonds. The molecule has 0 atom stereocenters. The van der Waals surface area contributed by atoms with Crippen molar-refractivity contribution in [1.29, 1.82) is 0 Å². The van der Waals surface area contributed by atoms with Gasteiger partial charge in [0.1, 0.15) is 5.82 Å². The van der Waals surface area contributed by atoms with Crippen molar-refractivity contribution in [2.75, 3.05) is 10.0 Å². The molecule has 0 fully saturated rings. The molecule has 144 valence electrons. The molecule has 0 aliphatic rings. The van der Waals surface area contributed by atoms with Crippen LogP contribution in [0.4, 0.5) is 20.6 Å². The average Bonchev–Trinajstić information content (AvgIpc) is 2.69. The number of carbonyl (C=O) groups excluding carboxylic acids is 1. The maximum Gasteiger partial charge on any atom is 0.319 e. The summed E-state index contributed by atoms with van der Waals surface area (Å²) in [5.74, 6) is -0.458. The molecule has 0 radical (unpaired) electrons. The first-order valence-electron chi connectivity index (χ1n) is 8.24. The monoisotopic (exact) mass is 400 g/mol. The van der Waals surface area contributed by atoms with Crippen molar-refractivity contribution in [3.8, 4) is 0 Å². The van der Waals surface area contributed by atoms with E-state index in [4.69, 9.17) is 0 Å². The minimum absolute atomic E-state index is 0.0122. The fourth-order valence-electron chi connectivity index (χ4n) is 2.31. The third kappa shape index (κ3) is 5.27. The molecular formula is C19H17FN4O3S. The van der Waals surface area contributed by atoms with Crippen LogP contribution in [0.3, 0.4) is 0 Å². The van der Waals surface area contributed by atoms with E-state index in [0.29, 0.717) is 12.2 Å². The van der Waals surface area contributed by atoms with E-state index in [1.165, 1.54) is 36.4 Å². The third-order valence-corrected chi connectivity index (χ3v) is 5.09. The number of halogens is 1. The van der Waals surface area contributed by atoms with E-state index in [0.717, 1.165) is 17.7 Å². The first-order chi connectivity index (χ1) is 13.4. The highest BCUT2D eigenvalue weighted by molar-refractivity contribution is 7.92. The molecule has 3 rings (SSSR count). The molecule has 3 N–H and O–H groups in total. The molecule has 3 aromatic rings. The van der Waals surface area contributed by atoms with Crippen LogP contribution in [0.25, 0.3) is 0 Å². The zero-order valence-electron chi connectivity index (χ0n) is 14.6. The number of hydrogen-bond acceptors (Lipinski definition) is 4. The van der Waals surface area contributed by atoms with Gasteiger partial charge in [0.05, 0.1) is 4.90 Å². The Kier molecular flexibility index (Phi) is 5.85. The van der Waals surface area contributed by atoms with Crippen LogP contribution in [0.15, 0.2) is 78.0 Å². The van der Waals surface area contributed by atoms with Gasteiger partial charge >= 0.3 is 6.03 Å². The summed E-state index contributed by atoms with van der Waals surface area (Å²) in [6.45, 7) is 0.313. The number of hydrogen-bond donors (Lipinski definition) is 3. The lowest BCUT2D eigenvalue weighted by molar-refractivity contribution is 0.251.